The van der Waals surface area contributed by atoms with Gasteiger partial charge in [0.25, 0.3) is 5.91 Å². The second-order valence-corrected chi connectivity index (χ2v) is 7.32. The number of aliphatic imine (C=N–C) groups is 1. The first-order chi connectivity index (χ1) is 13.7. The predicted octanol–water partition coefficient (Wildman–Crippen LogP) is 3.81. The van der Waals surface area contributed by atoms with Crippen LogP contribution in [0, 0.1) is 0 Å². The highest BCUT2D eigenvalue weighted by Crippen LogP contribution is 2.25. The van der Waals surface area contributed by atoms with Gasteiger partial charge in [-0.15, -0.1) is 11.3 Å². The fourth-order valence-corrected chi connectivity index (χ4v) is 3.84. The number of carbonyl (C=O) groups is 1. The van der Waals surface area contributed by atoms with Gasteiger partial charge >= 0.3 is 0 Å². The van der Waals surface area contributed by atoms with Gasteiger partial charge < -0.3 is 4.90 Å². The van der Waals surface area contributed by atoms with Gasteiger partial charge in [0.1, 0.15) is 5.70 Å². The molecule has 0 radical (unpaired) electrons. The molecule has 0 spiro atoms. The van der Waals surface area contributed by atoms with E-state index in [1.54, 1.807) is 23.6 Å². The first-order valence-electron chi connectivity index (χ1n) is 8.71. The van der Waals surface area contributed by atoms with E-state index in [-0.39, 0.29) is 5.91 Å². The first-order valence-corrected chi connectivity index (χ1v) is 9.59. The summed E-state index contributed by atoms with van der Waals surface area (Å²) < 4.78 is 1.09. The standard InChI is InChI=1S/C21H15N5OS/c1-26(15-5-7-17-19(11-15)28-12-23-17)21-24-18(20(27)25-21)10-13-4-6-16-14(9-13)3-2-8-22-16/h2-12H,1H3,(H,24,25,27). The molecular formula is C21H15N5OS. The number of guanidine groups is 1. The molecule has 0 saturated carbocycles. The van der Waals surface area contributed by atoms with E-state index in [1.165, 1.54) is 0 Å². The molecule has 3 heterocycles. The van der Waals surface area contributed by atoms with Crippen LogP contribution in [0.3, 0.4) is 0 Å². The zero-order chi connectivity index (χ0) is 19.1. The molecule has 5 rings (SSSR count). The summed E-state index contributed by atoms with van der Waals surface area (Å²) in [5.41, 5.74) is 5.93. The van der Waals surface area contributed by atoms with Crippen molar-refractivity contribution in [1.29, 1.82) is 0 Å². The smallest absolute Gasteiger partial charge is 0.276 e. The molecule has 1 amide bonds. The summed E-state index contributed by atoms with van der Waals surface area (Å²) in [5.74, 6) is 0.287. The molecule has 0 bridgehead atoms. The molecule has 0 aliphatic carbocycles. The van der Waals surface area contributed by atoms with Crippen molar-refractivity contribution in [1.82, 2.24) is 15.3 Å². The van der Waals surface area contributed by atoms with E-state index in [9.17, 15) is 4.79 Å². The number of fused-ring (bicyclic) bond motifs is 2. The maximum atomic E-state index is 12.4. The fourth-order valence-electron chi connectivity index (χ4n) is 3.13. The number of nitrogens with zero attached hydrogens (tertiary/aromatic N) is 4. The number of thiazole rings is 1. The zero-order valence-electron chi connectivity index (χ0n) is 15.0. The average Bonchev–Trinajstić information content (AvgIpc) is 3.33. The van der Waals surface area contributed by atoms with Crippen LogP contribution in [0.1, 0.15) is 5.56 Å². The van der Waals surface area contributed by atoms with E-state index in [4.69, 9.17) is 0 Å². The third-order valence-electron chi connectivity index (χ3n) is 4.63. The van der Waals surface area contributed by atoms with Crippen LogP contribution in [0.2, 0.25) is 0 Å². The van der Waals surface area contributed by atoms with Gasteiger partial charge in [0, 0.05) is 24.3 Å². The second-order valence-electron chi connectivity index (χ2n) is 6.44. The number of aromatic nitrogens is 2. The molecule has 0 atom stereocenters. The number of benzene rings is 2. The van der Waals surface area contributed by atoms with Crippen molar-refractivity contribution >= 4 is 56.1 Å². The van der Waals surface area contributed by atoms with Crippen molar-refractivity contribution < 1.29 is 4.79 Å². The van der Waals surface area contributed by atoms with Gasteiger partial charge in [-0.1, -0.05) is 12.1 Å². The Morgan fingerprint density at radius 2 is 1.96 bits per heavy atom. The van der Waals surface area contributed by atoms with Gasteiger partial charge in [-0.05, 0) is 48.0 Å². The normalized spacial score (nSPS) is 15.2. The van der Waals surface area contributed by atoms with Crippen molar-refractivity contribution in [2.45, 2.75) is 0 Å². The second kappa shape index (κ2) is 6.54. The third kappa shape index (κ3) is 2.91. The molecule has 0 saturated heterocycles. The number of hydrogen-bond acceptors (Lipinski definition) is 6. The molecule has 2 aromatic heterocycles. The van der Waals surface area contributed by atoms with Crippen LogP contribution in [0.25, 0.3) is 27.2 Å². The summed E-state index contributed by atoms with van der Waals surface area (Å²) in [6.07, 6.45) is 3.55. The minimum atomic E-state index is -0.216. The van der Waals surface area contributed by atoms with E-state index in [0.717, 1.165) is 32.4 Å². The van der Waals surface area contributed by atoms with Crippen LogP contribution in [0.15, 0.2) is 70.9 Å². The van der Waals surface area contributed by atoms with Crippen LogP contribution < -0.4 is 10.2 Å². The molecular weight excluding hydrogens is 370 g/mol. The summed E-state index contributed by atoms with van der Waals surface area (Å²) in [6.45, 7) is 0. The molecule has 2 aromatic carbocycles. The van der Waals surface area contributed by atoms with Crippen molar-refractivity contribution in [2.75, 3.05) is 11.9 Å². The van der Waals surface area contributed by atoms with Crippen LogP contribution in [-0.4, -0.2) is 28.9 Å². The number of rotatable bonds is 2. The number of anilines is 1. The molecule has 1 N–H and O–H groups in total. The maximum absolute atomic E-state index is 12.4. The summed E-state index contributed by atoms with van der Waals surface area (Å²) in [7, 11) is 1.88. The average molecular weight is 385 g/mol. The minimum Gasteiger partial charge on any atom is -0.315 e. The molecule has 136 valence electrons. The van der Waals surface area contributed by atoms with Gasteiger partial charge in [0.2, 0.25) is 5.96 Å². The van der Waals surface area contributed by atoms with Crippen LogP contribution in [0.4, 0.5) is 5.69 Å². The molecule has 7 heteroatoms. The predicted molar refractivity (Wildman–Crippen MR) is 113 cm³/mol. The Labute approximate surface area is 164 Å². The fraction of sp³-hybridized carbons (Fsp3) is 0.0476. The number of nitrogens with one attached hydrogen (secondary N) is 1. The van der Waals surface area contributed by atoms with E-state index in [2.05, 4.69) is 20.3 Å². The van der Waals surface area contributed by atoms with Crippen LogP contribution in [-0.2, 0) is 4.79 Å². The summed E-state index contributed by atoms with van der Waals surface area (Å²) in [5, 5.41) is 3.87. The van der Waals surface area contributed by atoms with Gasteiger partial charge in [-0.2, -0.15) is 0 Å². The first kappa shape index (κ1) is 16.6. The Morgan fingerprint density at radius 3 is 2.89 bits per heavy atom. The molecule has 1 aliphatic rings. The van der Waals surface area contributed by atoms with E-state index in [0.29, 0.717) is 11.7 Å². The van der Waals surface area contributed by atoms with Gasteiger partial charge in [-0.3, -0.25) is 15.1 Å². The van der Waals surface area contributed by atoms with Gasteiger partial charge in [-0.25, -0.2) is 9.98 Å². The minimum absolute atomic E-state index is 0.216. The number of carbonyl (C=O) groups excluding carboxylic acids is 1. The molecule has 0 unspecified atom stereocenters. The van der Waals surface area contributed by atoms with E-state index in [1.807, 2.05) is 66.0 Å². The van der Waals surface area contributed by atoms with Crippen molar-refractivity contribution in [3.63, 3.8) is 0 Å². The lowest BCUT2D eigenvalue weighted by Gasteiger charge is -2.18. The topological polar surface area (TPSA) is 70.5 Å². The Kier molecular flexibility index (Phi) is 3.87. The monoisotopic (exact) mass is 385 g/mol. The maximum Gasteiger partial charge on any atom is 0.276 e. The molecule has 28 heavy (non-hydrogen) atoms. The summed E-state index contributed by atoms with van der Waals surface area (Å²) in [4.78, 5) is 27.4. The Morgan fingerprint density at radius 1 is 1.07 bits per heavy atom. The lowest BCUT2D eigenvalue weighted by atomic mass is 10.1. The highest BCUT2D eigenvalue weighted by atomic mass is 32.1. The van der Waals surface area contributed by atoms with Crippen molar-refractivity contribution in [3.8, 4) is 0 Å². The number of hydrogen-bond donors (Lipinski definition) is 1. The van der Waals surface area contributed by atoms with Gasteiger partial charge in [0.15, 0.2) is 0 Å². The Balaban J connectivity index is 1.47. The van der Waals surface area contributed by atoms with Crippen molar-refractivity contribution in [3.05, 3.63) is 71.5 Å². The number of pyridine rings is 1. The highest BCUT2D eigenvalue weighted by Gasteiger charge is 2.23. The summed E-state index contributed by atoms with van der Waals surface area (Å²) in [6, 6.07) is 15.7. The van der Waals surface area contributed by atoms with Crippen LogP contribution in [0.5, 0.6) is 0 Å². The Hall–Kier alpha value is -3.58. The van der Waals surface area contributed by atoms with Gasteiger partial charge in [0.05, 0.1) is 21.2 Å². The molecule has 1 aliphatic heterocycles. The zero-order valence-corrected chi connectivity index (χ0v) is 15.8. The third-order valence-corrected chi connectivity index (χ3v) is 5.43. The number of amides is 1. The lowest BCUT2D eigenvalue weighted by Crippen LogP contribution is -2.37. The molecule has 0 fully saturated rings. The molecule has 6 nitrogen and oxygen atoms in total. The van der Waals surface area contributed by atoms with E-state index >= 15 is 0 Å². The largest absolute Gasteiger partial charge is 0.315 e. The quantitative estimate of drug-likeness (QED) is 0.533. The lowest BCUT2D eigenvalue weighted by molar-refractivity contribution is -0.115. The highest BCUT2D eigenvalue weighted by molar-refractivity contribution is 7.16. The van der Waals surface area contributed by atoms with Crippen molar-refractivity contribution in [2.24, 2.45) is 4.99 Å². The Bertz CT molecular complexity index is 1290. The van der Waals surface area contributed by atoms with Crippen LogP contribution >= 0.6 is 11.3 Å². The SMILES string of the molecule is CN(C1=NC(=Cc2ccc3ncccc3c2)C(=O)N1)c1ccc2ncsc2c1. The summed E-state index contributed by atoms with van der Waals surface area (Å²) >= 11 is 1.58. The van der Waals surface area contributed by atoms with E-state index < -0.39 is 0 Å². The molecule has 4 aromatic rings.